The number of anilines is 1. The number of amides is 1. The number of rotatable bonds is 6. The van der Waals surface area contributed by atoms with Crippen molar-refractivity contribution in [2.45, 2.75) is 25.5 Å². The summed E-state index contributed by atoms with van der Waals surface area (Å²) in [4.78, 5) is 12.4. The fraction of sp³-hybridized carbons (Fsp3) is 0.263. The van der Waals surface area contributed by atoms with E-state index in [1.54, 1.807) is 13.2 Å². The summed E-state index contributed by atoms with van der Waals surface area (Å²) in [6, 6.07) is 15.4. The van der Waals surface area contributed by atoms with Crippen molar-refractivity contribution in [2.24, 2.45) is 0 Å². The minimum atomic E-state index is -0.154. The first-order valence-corrected chi connectivity index (χ1v) is 8.52. The second-order valence-corrected chi connectivity index (χ2v) is 6.34. The molecule has 3 aromatic rings. The number of methoxy groups -OCH3 is 1. The molecule has 7 heteroatoms. The number of benzene rings is 2. The zero-order valence-corrected chi connectivity index (χ0v) is 14.4. The third kappa shape index (κ3) is 3.48. The van der Waals surface area contributed by atoms with Crippen LogP contribution in [0.1, 0.15) is 34.8 Å². The average Bonchev–Trinajstić information content (AvgIpc) is 3.40. The van der Waals surface area contributed by atoms with Crippen molar-refractivity contribution in [3.8, 4) is 11.4 Å². The molecule has 0 unspecified atom stereocenters. The highest BCUT2D eigenvalue weighted by Gasteiger charge is 2.28. The smallest absolute Gasteiger partial charge is 0.255 e. The van der Waals surface area contributed by atoms with Gasteiger partial charge in [0.1, 0.15) is 0 Å². The van der Waals surface area contributed by atoms with Gasteiger partial charge in [-0.05, 0) is 65.2 Å². The molecule has 1 heterocycles. The lowest BCUT2D eigenvalue weighted by atomic mass is 10.1. The van der Waals surface area contributed by atoms with E-state index in [9.17, 15) is 4.79 Å². The molecule has 2 aromatic carbocycles. The Balaban J connectivity index is 1.48. The Morgan fingerprint density at radius 2 is 2.04 bits per heavy atom. The van der Waals surface area contributed by atoms with Gasteiger partial charge in [-0.3, -0.25) is 4.79 Å². The number of carbonyl (C=O) groups excluding carboxylic acids is 1. The molecule has 1 saturated carbocycles. The van der Waals surface area contributed by atoms with Crippen LogP contribution in [0.5, 0.6) is 0 Å². The van der Waals surface area contributed by atoms with Crippen molar-refractivity contribution in [1.82, 2.24) is 20.2 Å². The van der Waals surface area contributed by atoms with Gasteiger partial charge in [0.2, 0.25) is 0 Å². The number of nitrogens with one attached hydrogen (secondary N) is 1. The van der Waals surface area contributed by atoms with Gasteiger partial charge in [0.25, 0.3) is 5.91 Å². The zero-order chi connectivity index (χ0) is 17.9. The fourth-order valence-electron chi connectivity index (χ4n) is 2.82. The minimum Gasteiger partial charge on any atom is -0.380 e. The molecule has 0 bridgehead atoms. The van der Waals surface area contributed by atoms with E-state index in [-0.39, 0.29) is 5.91 Å². The Morgan fingerprint density at radius 3 is 2.77 bits per heavy atom. The van der Waals surface area contributed by atoms with Crippen LogP contribution in [0.4, 0.5) is 5.69 Å². The highest BCUT2D eigenvalue weighted by Crippen LogP contribution is 2.36. The molecule has 0 atom stereocenters. The van der Waals surface area contributed by atoms with Crippen LogP contribution in [-0.4, -0.2) is 33.2 Å². The summed E-state index contributed by atoms with van der Waals surface area (Å²) >= 11 is 0. The topological polar surface area (TPSA) is 81.9 Å². The van der Waals surface area contributed by atoms with E-state index in [1.807, 2.05) is 47.1 Å². The number of tetrazole rings is 1. The summed E-state index contributed by atoms with van der Waals surface area (Å²) in [7, 11) is 1.63. The van der Waals surface area contributed by atoms with Crippen molar-refractivity contribution in [2.75, 3.05) is 12.4 Å². The lowest BCUT2D eigenvalue weighted by Gasteiger charge is -2.08. The summed E-state index contributed by atoms with van der Waals surface area (Å²) in [6.45, 7) is 0.478. The van der Waals surface area contributed by atoms with Gasteiger partial charge in [-0.1, -0.05) is 12.1 Å². The lowest BCUT2D eigenvalue weighted by molar-refractivity contribution is 0.102. The molecule has 1 fully saturated rings. The lowest BCUT2D eigenvalue weighted by Crippen LogP contribution is -2.12. The Bertz CT molecular complexity index is 916. The van der Waals surface area contributed by atoms with E-state index in [4.69, 9.17) is 4.74 Å². The van der Waals surface area contributed by atoms with Crippen LogP contribution in [-0.2, 0) is 11.3 Å². The molecule has 1 aliphatic carbocycles. The molecule has 0 radical (unpaired) electrons. The van der Waals surface area contributed by atoms with Crippen molar-refractivity contribution in [1.29, 1.82) is 0 Å². The first-order chi connectivity index (χ1) is 12.7. The van der Waals surface area contributed by atoms with Gasteiger partial charge in [-0.2, -0.15) is 0 Å². The molecule has 26 heavy (non-hydrogen) atoms. The van der Waals surface area contributed by atoms with Crippen LogP contribution < -0.4 is 5.32 Å². The number of hydrogen-bond acceptors (Lipinski definition) is 5. The largest absolute Gasteiger partial charge is 0.380 e. The fourth-order valence-corrected chi connectivity index (χ4v) is 2.82. The van der Waals surface area contributed by atoms with E-state index in [0.717, 1.165) is 35.5 Å². The number of carbonyl (C=O) groups is 1. The third-order valence-electron chi connectivity index (χ3n) is 4.29. The maximum Gasteiger partial charge on any atom is 0.255 e. The number of hydrogen-bond donors (Lipinski definition) is 1. The van der Waals surface area contributed by atoms with E-state index in [1.165, 1.54) is 0 Å². The molecule has 7 nitrogen and oxygen atoms in total. The molecule has 0 aliphatic heterocycles. The van der Waals surface area contributed by atoms with Gasteiger partial charge in [0, 0.05) is 23.9 Å². The predicted octanol–water partition coefficient (Wildman–Crippen LogP) is 3.07. The van der Waals surface area contributed by atoms with Crippen LogP contribution >= 0.6 is 0 Å². The summed E-state index contributed by atoms with van der Waals surface area (Å²) < 4.78 is 6.98. The molecule has 1 aliphatic rings. The molecule has 1 N–H and O–H groups in total. The van der Waals surface area contributed by atoms with Crippen molar-refractivity contribution < 1.29 is 9.53 Å². The van der Waals surface area contributed by atoms with Crippen molar-refractivity contribution in [3.05, 3.63) is 59.7 Å². The van der Waals surface area contributed by atoms with Crippen LogP contribution in [0.15, 0.2) is 48.5 Å². The summed E-state index contributed by atoms with van der Waals surface area (Å²) in [5.74, 6) is 0.608. The highest BCUT2D eigenvalue weighted by molar-refractivity contribution is 6.04. The average molecular weight is 349 g/mol. The molecule has 0 saturated heterocycles. The van der Waals surface area contributed by atoms with Gasteiger partial charge < -0.3 is 10.1 Å². The Morgan fingerprint density at radius 1 is 1.23 bits per heavy atom. The Labute approximate surface area is 151 Å². The summed E-state index contributed by atoms with van der Waals surface area (Å²) in [5.41, 5.74) is 3.21. The van der Waals surface area contributed by atoms with E-state index < -0.39 is 0 Å². The number of aromatic nitrogens is 4. The van der Waals surface area contributed by atoms with Gasteiger partial charge >= 0.3 is 0 Å². The normalized spacial score (nSPS) is 13.6. The van der Waals surface area contributed by atoms with Crippen molar-refractivity contribution in [3.63, 3.8) is 0 Å². The Kier molecular flexibility index (Phi) is 4.45. The number of ether oxygens (including phenoxy) is 1. The summed E-state index contributed by atoms with van der Waals surface area (Å²) in [6.07, 6.45) is 2.24. The number of nitrogens with zero attached hydrogens (tertiary/aromatic N) is 4. The Hall–Kier alpha value is -3.06. The molecule has 1 amide bonds. The van der Waals surface area contributed by atoms with Crippen LogP contribution in [0.3, 0.4) is 0 Å². The van der Waals surface area contributed by atoms with Gasteiger partial charge in [-0.25, -0.2) is 4.68 Å². The standard InChI is InChI=1S/C19H19N5O2/c1-26-12-13-3-2-4-15(11-13)19(25)20-16-7-5-14(6-8-16)18-21-22-23-24(18)17-9-10-17/h2-8,11,17H,9-10,12H2,1H3,(H,20,25). The minimum absolute atomic E-state index is 0.154. The molecule has 4 rings (SSSR count). The van der Waals surface area contributed by atoms with Crippen LogP contribution in [0.25, 0.3) is 11.4 Å². The van der Waals surface area contributed by atoms with E-state index in [2.05, 4.69) is 20.8 Å². The molecular weight excluding hydrogens is 330 g/mol. The van der Waals surface area contributed by atoms with Crippen molar-refractivity contribution >= 4 is 11.6 Å². The van der Waals surface area contributed by atoms with E-state index in [0.29, 0.717) is 18.2 Å². The van der Waals surface area contributed by atoms with Crippen LogP contribution in [0, 0.1) is 0 Å². The molecular formula is C19H19N5O2. The third-order valence-corrected chi connectivity index (χ3v) is 4.29. The first-order valence-electron chi connectivity index (χ1n) is 8.52. The van der Waals surface area contributed by atoms with Crippen LogP contribution in [0.2, 0.25) is 0 Å². The second-order valence-electron chi connectivity index (χ2n) is 6.34. The van der Waals surface area contributed by atoms with Gasteiger partial charge in [0.15, 0.2) is 5.82 Å². The monoisotopic (exact) mass is 349 g/mol. The highest BCUT2D eigenvalue weighted by atomic mass is 16.5. The molecule has 1 aromatic heterocycles. The molecule has 132 valence electrons. The summed E-state index contributed by atoms with van der Waals surface area (Å²) in [5, 5.41) is 14.9. The SMILES string of the molecule is COCc1cccc(C(=O)Nc2ccc(-c3nnnn3C3CC3)cc2)c1. The predicted molar refractivity (Wildman–Crippen MR) is 96.6 cm³/mol. The first kappa shape index (κ1) is 16.4. The van der Waals surface area contributed by atoms with Gasteiger partial charge in [0.05, 0.1) is 12.6 Å². The maximum absolute atomic E-state index is 12.4. The van der Waals surface area contributed by atoms with Gasteiger partial charge in [-0.15, -0.1) is 5.10 Å². The maximum atomic E-state index is 12.4. The quantitative estimate of drug-likeness (QED) is 0.739. The second kappa shape index (κ2) is 7.05. The van der Waals surface area contributed by atoms with E-state index >= 15 is 0 Å². The molecule has 0 spiro atoms. The zero-order valence-electron chi connectivity index (χ0n) is 14.4.